The van der Waals surface area contributed by atoms with Gasteiger partial charge in [0.05, 0.1) is 11.6 Å². The molecule has 0 fully saturated rings. The summed E-state index contributed by atoms with van der Waals surface area (Å²) in [5, 5.41) is 12.1. The van der Waals surface area contributed by atoms with Crippen LogP contribution in [0.2, 0.25) is 0 Å². The Bertz CT molecular complexity index is 786. The SMILES string of the molecule is C=NCCC(C[C@H](C)C(/C=C(\N)c1c(F)cccc1F)=C(\C)N)C(C)NCCC#N. The minimum Gasteiger partial charge on any atom is -0.402 e. The molecular formula is C23H33F2N5. The van der Waals surface area contributed by atoms with Crippen molar-refractivity contribution >= 4 is 12.4 Å². The largest absolute Gasteiger partial charge is 0.402 e. The van der Waals surface area contributed by atoms with Gasteiger partial charge in [0.2, 0.25) is 0 Å². The molecule has 5 nitrogen and oxygen atoms in total. The highest BCUT2D eigenvalue weighted by molar-refractivity contribution is 5.66. The fourth-order valence-corrected chi connectivity index (χ4v) is 3.59. The molecule has 0 heterocycles. The van der Waals surface area contributed by atoms with Gasteiger partial charge in [-0.1, -0.05) is 13.0 Å². The monoisotopic (exact) mass is 417 g/mol. The number of allylic oxidation sites excluding steroid dienone is 3. The molecule has 0 saturated carbocycles. The Hall–Kier alpha value is -2.72. The first-order chi connectivity index (χ1) is 14.2. The van der Waals surface area contributed by atoms with E-state index in [9.17, 15) is 8.78 Å². The van der Waals surface area contributed by atoms with Crippen molar-refractivity contribution in [3.05, 3.63) is 52.7 Å². The standard InChI is InChI=1S/C23H33F2N5/c1-15(13-18(9-12-29-4)17(3)30-11-6-10-26)19(16(2)27)14-22(28)23-20(24)7-5-8-21(23)25/h5,7-8,14-15,17-18,30H,4,6,9,11-13,27-28H2,1-3H3/b19-16+,22-14-/t15-,17?,18?/m0/s1. The molecule has 1 aromatic rings. The minimum atomic E-state index is -0.712. The molecule has 164 valence electrons. The molecule has 0 radical (unpaired) electrons. The van der Waals surface area contributed by atoms with Crippen molar-refractivity contribution in [2.45, 2.75) is 46.1 Å². The summed E-state index contributed by atoms with van der Waals surface area (Å²) in [6.45, 7) is 10.6. The van der Waals surface area contributed by atoms with Gasteiger partial charge in [0.15, 0.2) is 0 Å². The van der Waals surface area contributed by atoms with Crippen molar-refractivity contribution in [2.75, 3.05) is 13.1 Å². The Labute approximate surface area is 178 Å². The Kier molecular flexibility index (Phi) is 10.8. The Morgan fingerprint density at radius 1 is 1.30 bits per heavy atom. The van der Waals surface area contributed by atoms with E-state index in [0.717, 1.165) is 18.4 Å². The van der Waals surface area contributed by atoms with Gasteiger partial charge in [0.1, 0.15) is 11.6 Å². The molecule has 3 atom stereocenters. The average molecular weight is 418 g/mol. The highest BCUT2D eigenvalue weighted by Gasteiger charge is 2.22. The summed E-state index contributed by atoms with van der Waals surface area (Å²) in [5.74, 6) is -1.18. The number of aliphatic imine (C=N–C) groups is 1. The van der Waals surface area contributed by atoms with Crippen LogP contribution in [-0.4, -0.2) is 25.8 Å². The van der Waals surface area contributed by atoms with Gasteiger partial charge < -0.3 is 21.8 Å². The normalized spacial score (nSPS) is 15.7. The Morgan fingerprint density at radius 3 is 2.47 bits per heavy atom. The molecule has 5 N–H and O–H groups in total. The molecule has 1 rings (SSSR count). The van der Waals surface area contributed by atoms with E-state index in [2.05, 4.69) is 30.0 Å². The lowest BCUT2D eigenvalue weighted by atomic mass is 9.83. The van der Waals surface area contributed by atoms with Crippen molar-refractivity contribution in [1.82, 2.24) is 5.32 Å². The van der Waals surface area contributed by atoms with Crippen LogP contribution in [0.25, 0.3) is 5.70 Å². The van der Waals surface area contributed by atoms with E-state index in [1.807, 2.05) is 6.92 Å². The molecular weight excluding hydrogens is 384 g/mol. The molecule has 0 amide bonds. The predicted octanol–water partition coefficient (Wildman–Crippen LogP) is 4.12. The maximum absolute atomic E-state index is 14.1. The number of halogens is 2. The number of nitrogens with two attached hydrogens (primary N) is 2. The van der Waals surface area contributed by atoms with Crippen LogP contribution in [0.1, 0.15) is 45.6 Å². The Morgan fingerprint density at radius 2 is 1.93 bits per heavy atom. The average Bonchev–Trinajstić information content (AvgIpc) is 2.68. The van der Waals surface area contributed by atoms with Crippen molar-refractivity contribution in [2.24, 2.45) is 28.3 Å². The number of nitrogens with zero attached hydrogens (tertiary/aromatic N) is 2. The summed E-state index contributed by atoms with van der Waals surface area (Å²) < 4.78 is 28.2. The molecule has 0 aliphatic carbocycles. The molecule has 0 spiro atoms. The number of nitriles is 1. The van der Waals surface area contributed by atoms with Crippen molar-refractivity contribution in [1.29, 1.82) is 5.26 Å². The lowest BCUT2D eigenvalue weighted by Gasteiger charge is -2.28. The van der Waals surface area contributed by atoms with Gasteiger partial charge in [-0.25, -0.2) is 8.78 Å². The Balaban J connectivity index is 3.08. The maximum atomic E-state index is 14.1. The van der Waals surface area contributed by atoms with Gasteiger partial charge in [-0.15, -0.1) is 0 Å². The molecule has 7 heteroatoms. The summed E-state index contributed by atoms with van der Waals surface area (Å²) in [4.78, 5) is 3.97. The first-order valence-corrected chi connectivity index (χ1v) is 10.1. The van der Waals surface area contributed by atoms with Crippen LogP contribution in [0, 0.1) is 34.8 Å². The van der Waals surface area contributed by atoms with E-state index >= 15 is 0 Å². The van der Waals surface area contributed by atoms with Gasteiger partial charge in [-0.3, -0.25) is 0 Å². The van der Waals surface area contributed by atoms with Gasteiger partial charge in [-0.05, 0) is 69.0 Å². The summed E-state index contributed by atoms with van der Waals surface area (Å²) >= 11 is 0. The molecule has 2 unspecified atom stereocenters. The second-order valence-corrected chi connectivity index (χ2v) is 7.62. The van der Waals surface area contributed by atoms with E-state index in [1.54, 1.807) is 13.0 Å². The van der Waals surface area contributed by atoms with Crippen LogP contribution >= 0.6 is 0 Å². The summed E-state index contributed by atoms with van der Waals surface area (Å²) in [6.07, 6.45) is 3.60. The fourth-order valence-electron chi connectivity index (χ4n) is 3.59. The topological polar surface area (TPSA) is 100 Å². The van der Waals surface area contributed by atoms with Crippen molar-refractivity contribution in [3.63, 3.8) is 0 Å². The lowest BCUT2D eigenvalue weighted by Crippen LogP contribution is -2.35. The van der Waals surface area contributed by atoms with Gasteiger partial charge in [0, 0.05) is 36.9 Å². The first-order valence-electron chi connectivity index (χ1n) is 10.1. The fraction of sp³-hybridized carbons (Fsp3) is 0.478. The first kappa shape index (κ1) is 25.3. The quantitative estimate of drug-likeness (QED) is 0.270. The van der Waals surface area contributed by atoms with Crippen molar-refractivity contribution < 1.29 is 8.78 Å². The summed E-state index contributed by atoms with van der Waals surface area (Å²) in [5.41, 5.74) is 13.2. The van der Waals surface area contributed by atoms with E-state index in [1.165, 1.54) is 18.2 Å². The smallest absolute Gasteiger partial charge is 0.135 e. The molecule has 0 aliphatic rings. The van der Waals surface area contributed by atoms with Crippen LogP contribution < -0.4 is 16.8 Å². The van der Waals surface area contributed by atoms with Gasteiger partial charge in [0.25, 0.3) is 0 Å². The third-order valence-electron chi connectivity index (χ3n) is 5.27. The number of hydrogen-bond acceptors (Lipinski definition) is 5. The lowest BCUT2D eigenvalue weighted by molar-refractivity contribution is 0.312. The highest BCUT2D eigenvalue weighted by Crippen LogP contribution is 2.29. The molecule has 0 aromatic heterocycles. The molecule has 0 bridgehead atoms. The van der Waals surface area contributed by atoms with E-state index in [0.29, 0.717) is 25.2 Å². The predicted molar refractivity (Wildman–Crippen MR) is 119 cm³/mol. The van der Waals surface area contributed by atoms with E-state index in [-0.39, 0.29) is 29.1 Å². The molecule has 30 heavy (non-hydrogen) atoms. The zero-order chi connectivity index (χ0) is 22.7. The van der Waals surface area contributed by atoms with Crippen LogP contribution in [0.5, 0.6) is 0 Å². The van der Waals surface area contributed by atoms with E-state index in [4.69, 9.17) is 16.7 Å². The zero-order valence-electron chi connectivity index (χ0n) is 18.1. The van der Waals surface area contributed by atoms with Gasteiger partial charge >= 0.3 is 0 Å². The number of benzene rings is 1. The van der Waals surface area contributed by atoms with Gasteiger partial charge in [-0.2, -0.15) is 5.26 Å². The summed E-state index contributed by atoms with van der Waals surface area (Å²) in [7, 11) is 0. The number of nitrogens with one attached hydrogen (secondary N) is 1. The maximum Gasteiger partial charge on any atom is 0.135 e. The number of rotatable bonds is 12. The second kappa shape index (κ2) is 12.8. The highest BCUT2D eigenvalue weighted by atomic mass is 19.1. The zero-order valence-corrected chi connectivity index (χ0v) is 18.1. The van der Waals surface area contributed by atoms with Crippen LogP contribution in [0.3, 0.4) is 0 Å². The molecule has 0 aliphatic heterocycles. The van der Waals surface area contributed by atoms with E-state index < -0.39 is 11.6 Å². The third kappa shape index (κ3) is 7.60. The minimum absolute atomic E-state index is 0.00147. The molecule has 0 saturated heterocycles. The van der Waals surface area contributed by atoms with Crippen LogP contribution in [0.15, 0.2) is 40.5 Å². The third-order valence-corrected chi connectivity index (χ3v) is 5.27. The number of hydrogen-bond donors (Lipinski definition) is 3. The summed E-state index contributed by atoms with van der Waals surface area (Å²) in [6, 6.07) is 5.94. The second-order valence-electron chi connectivity index (χ2n) is 7.62. The molecule has 1 aromatic carbocycles. The van der Waals surface area contributed by atoms with Crippen LogP contribution in [0.4, 0.5) is 8.78 Å². The van der Waals surface area contributed by atoms with Crippen LogP contribution in [-0.2, 0) is 0 Å². The van der Waals surface area contributed by atoms with Crippen molar-refractivity contribution in [3.8, 4) is 6.07 Å².